The van der Waals surface area contributed by atoms with Crippen LogP contribution in [0.2, 0.25) is 0 Å². The molecule has 1 saturated heterocycles. The second-order valence-electron chi connectivity index (χ2n) is 7.77. The fraction of sp³-hybridized carbons (Fsp3) is 0.435. The Labute approximate surface area is 160 Å². The topological polar surface area (TPSA) is 43.4 Å². The van der Waals surface area contributed by atoms with E-state index in [4.69, 9.17) is 14.5 Å². The number of ether oxygens (including phenoxy) is 2. The van der Waals surface area contributed by atoms with Crippen LogP contribution in [0.3, 0.4) is 0 Å². The molecule has 4 heteroatoms. The number of benzene rings is 1. The van der Waals surface area contributed by atoms with Gasteiger partial charge in [-0.25, -0.2) is 4.98 Å². The highest BCUT2D eigenvalue weighted by Crippen LogP contribution is 2.44. The highest BCUT2D eigenvalue weighted by molar-refractivity contribution is 5.79. The zero-order valence-electron chi connectivity index (χ0n) is 15.8. The first-order valence-corrected chi connectivity index (χ1v) is 10.1. The molecule has 0 amide bonds. The van der Waals surface area contributed by atoms with Gasteiger partial charge < -0.3 is 14.8 Å². The van der Waals surface area contributed by atoms with Crippen molar-refractivity contribution in [1.29, 1.82) is 0 Å². The van der Waals surface area contributed by atoms with Gasteiger partial charge in [-0.05, 0) is 67.5 Å². The van der Waals surface area contributed by atoms with Gasteiger partial charge in [0.15, 0.2) is 0 Å². The van der Waals surface area contributed by atoms with Crippen molar-refractivity contribution in [2.24, 2.45) is 0 Å². The van der Waals surface area contributed by atoms with Crippen LogP contribution >= 0.6 is 0 Å². The summed E-state index contributed by atoms with van der Waals surface area (Å²) in [5.74, 6) is 2.43. The van der Waals surface area contributed by atoms with Crippen molar-refractivity contribution in [2.45, 2.75) is 44.1 Å². The molecule has 140 valence electrons. The molecule has 0 radical (unpaired) electrons. The Balaban J connectivity index is 1.57. The number of fused-ring (bicyclic) bond motifs is 1. The van der Waals surface area contributed by atoms with Gasteiger partial charge in [-0.15, -0.1) is 0 Å². The zero-order chi connectivity index (χ0) is 18.2. The minimum absolute atomic E-state index is 0.403. The molecule has 1 aromatic carbocycles. The van der Waals surface area contributed by atoms with Crippen molar-refractivity contribution in [3.8, 4) is 11.6 Å². The van der Waals surface area contributed by atoms with E-state index in [1.54, 1.807) is 7.11 Å². The molecular formula is C23H26N2O2. The number of aromatic nitrogens is 1. The van der Waals surface area contributed by atoms with Crippen LogP contribution in [-0.4, -0.2) is 31.3 Å². The van der Waals surface area contributed by atoms with Crippen molar-refractivity contribution in [3.63, 3.8) is 0 Å². The number of nitrogens with one attached hydrogen (secondary N) is 1. The van der Waals surface area contributed by atoms with E-state index >= 15 is 0 Å². The SMILES string of the molecule is COc1nc(/C(=C/[C@H]2CCCN2)c2ccc3c(c2)CCO3)ccc1C1CC1. The van der Waals surface area contributed by atoms with E-state index in [0.717, 1.165) is 36.9 Å². The average molecular weight is 362 g/mol. The van der Waals surface area contributed by atoms with Crippen LogP contribution in [0.1, 0.15) is 54.0 Å². The summed E-state index contributed by atoms with van der Waals surface area (Å²) in [6.45, 7) is 1.87. The Morgan fingerprint density at radius 3 is 2.93 bits per heavy atom. The fourth-order valence-electron chi connectivity index (χ4n) is 4.21. The van der Waals surface area contributed by atoms with E-state index in [-0.39, 0.29) is 0 Å². The summed E-state index contributed by atoms with van der Waals surface area (Å²) in [6.07, 6.45) is 8.23. The molecule has 27 heavy (non-hydrogen) atoms. The van der Waals surface area contributed by atoms with Gasteiger partial charge in [-0.3, -0.25) is 0 Å². The largest absolute Gasteiger partial charge is 0.493 e. The van der Waals surface area contributed by atoms with Crippen LogP contribution in [-0.2, 0) is 6.42 Å². The highest BCUT2D eigenvalue weighted by atomic mass is 16.5. The van der Waals surface area contributed by atoms with Gasteiger partial charge in [0.25, 0.3) is 0 Å². The Morgan fingerprint density at radius 1 is 1.22 bits per heavy atom. The highest BCUT2D eigenvalue weighted by Gasteiger charge is 2.28. The van der Waals surface area contributed by atoms with Gasteiger partial charge >= 0.3 is 0 Å². The molecule has 5 rings (SSSR count). The van der Waals surface area contributed by atoms with Gasteiger partial charge in [-0.2, -0.15) is 0 Å². The standard InChI is InChI=1S/C23H26N2O2/c1-26-23-19(15-4-5-15)7-8-21(25-23)20(14-18-3-2-11-24-18)16-6-9-22-17(13-16)10-12-27-22/h6-9,13-15,18,24H,2-5,10-12H2,1H3/b20-14+/t18-/m1/s1. The molecule has 2 aromatic rings. The molecule has 3 heterocycles. The van der Waals surface area contributed by atoms with Crippen LogP contribution in [0.15, 0.2) is 36.4 Å². The van der Waals surface area contributed by atoms with Gasteiger partial charge in [0.1, 0.15) is 5.75 Å². The number of rotatable bonds is 5. The first kappa shape index (κ1) is 16.8. The maximum atomic E-state index is 5.69. The number of hydrogen-bond acceptors (Lipinski definition) is 4. The van der Waals surface area contributed by atoms with Gasteiger partial charge in [-0.1, -0.05) is 18.2 Å². The van der Waals surface area contributed by atoms with Crippen LogP contribution in [0.4, 0.5) is 0 Å². The van der Waals surface area contributed by atoms with Crippen molar-refractivity contribution in [2.75, 3.05) is 20.3 Å². The third-order valence-corrected chi connectivity index (χ3v) is 5.84. The summed E-state index contributed by atoms with van der Waals surface area (Å²) in [7, 11) is 1.73. The number of methoxy groups -OCH3 is 1. The summed E-state index contributed by atoms with van der Waals surface area (Å²) in [6, 6.07) is 11.3. The molecule has 2 fully saturated rings. The number of pyridine rings is 1. The smallest absolute Gasteiger partial charge is 0.217 e. The van der Waals surface area contributed by atoms with Gasteiger partial charge in [0.2, 0.25) is 5.88 Å². The Kier molecular flexibility index (Phi) is 4.36. The lowest BCUT2D eigenvalue weighted by Gasteiger charge is -2.15. The van der Waals surface area contributed by atoms with Crippen molar-refractivity contribution < 1.29 is 9.47 Å². The summed E-state index contributed by atoms with van der Waals surface area (Å²) < 4.78 is 11.3. The second kappa shape index (κ2) is 7.01. The molecule has 4 nitrogen and oxygen atoms in total. The predicted molar refractivity (Wildman–Crippen MR) is 107 cm³/mol. The van der Waals surface area contributed by atoms with Crippen molar-refractivity contribution >= 4 is 5.57 Å². The quantitative estimate of drug-likeness (QED) is 0.870. The van der Waals surface area contributed by atoms with Crippen LogP contribution in [0.5, 0.6) is 11.6 Å². The number of hydrogen-bond donors (Lipinski definition) is 1. The molecule has 1 saturated carbocycles. The maximum absolute atomic E-state index is 5.69. The van der Waals surface area contributed by atoms with E-state index in [2.05, 4.69) is 41.7 Å². The van der Waals surface area contributed by atoms with Gasteiger partial charge in [0, 0.05) is 23.6 Å². The third-order valence-electron chi connectivity index (χ3n) is 5.84. The van der Waals surface area contributed by atoms with Crippen LogP contribution in [0, 0.1) is 0 Å². The van der Waals surface area contributed by atoms with E-state index < -0.39 is 0 Å². The van der Waals surface area contributed by atoms with Crippen molar-refractivity contribution in [1.82, 2.24) is 10.3 Å². The van der Waals surface area contributed by atoms with Gasteiger partial charge in [0.05, 0.1) is 19.4 Å². The van der Waals surface area contributed by atoms with E-state index in [0.29, 0.717) is 12.0 Å². The molecule has 1 atom stereocenters. The summed E-state index contributed by atoms with van der Waals surface area (Å²) in [5.41, 5.74) is 5.93. The Bertz CT molecular complexity index is 880. The first-order valence-electron chi connectivity index (χ1n) is 10.1. The molecule has 0 unspecified atom stereocenters. The molecule has 2 aliphatic heterocycles. The normalized spacial score (nSPS) is 21.8. The van der Waals surface area contributed by atoms with E-state index in [1.165, 1.54) is 47.9 Å². The molecule has 0 spiro atoms. The molecule has 1 N–H and O–H groups in total. The summed E-state index contributed by atoms with van der Waals surface area (Å²) >= 11 is 0. The maximum Gasteiger partial charge on any atom is 0.217 e. The first-order chi connectivity index (χ1) is 13.3. The number of nitrogens with zero attached hydrogens (tertiary/aromatic N) is 1. The molecular weight excluding hydrogens is 336 g/mol. The molecule has 1 aliphatic carbocycles. The molecule has 3 aliphatic rings. The van der Waals surface area contributed by atoms with Crippen LogP contribution in [0.25, 0.3) is 5.57 Å². The lowest BCUT2D eigenvalue weighted by molar-refractivity contribution is 0.357. The lowest BCUT2D eigenvalue weighted by Crippen LogP contribution is -2.19. The predicted octanol–water partition coefficient (Wildman–Crippen LogP) is 4.09. The molecule has 0 bridgehead atoms. The minimum Gasteiger partial charge on any atom is -0.493 e. The zero-order valence-corrected chi connectivity index (χ0v) is 15.8. The minimum atomic E-state index is 0.403. The van der Waals surface area contributed by atoms with Crippen molar-refractivity contribution in [3.05, 3.63) is 58.8 Å². The monoisotopic (exact) mass is 362 g/mol. The fourth-order valence-corrected chi connectivity index (χ4v) is 4.21. The summed E-state index contributed by atoms with van der Waals surface area (Å²) in [5, 5.41) is 3.59. The third kappa shape index (κ3) is 3.34. The average Bonchev–Trinajstić information content (AvgIpc) is 3.21. The summed E-state index contributed by atoms with van der Waals surface area (Å²) in [4.78, 5) is 4.92. The van der Waals surface area contributed by atoms with Crippen LogP contribution < -0.4 is 14.8 Å². The Hall–Kier alpha value is -2.33. The van der Waals surface area contributed by atoms with E-state index in [9.17, 15) is 0 Å². The van der Waals surface area contributed by atoms with E-state index in [1.807, 2.05) is 0 Å². The Morgan fingerprint density at radius 2 is 2.15 bits per heavy atom. The lowest BCUT2D eigenvalue weighted by atomic mass is 9.96. The second-order valence-corrected chi connectivity index (χ2v) is 7.77. The molecule has 1 aromatic heterocycles.